The molecule has 4 rings (SSSR count). The van der Waals surface area contributed by atoms with Crippen molar-refractivity contribution in [2.24, 2.45) is 0 Å². The largest absolute Gasteiger partial charge is 0.368 e. The number of hydrogen-bond donors (Lipinski definition) is 3. The van der Waals surface area contributed by atoms with Gasteiger partial charge in [-0.1, -0.05) is 24.6 Å². The fourth-order valence-corrected chi connectivity index (χ4v) is 4.50. The van der Waals surface area contributed by atoms with Crippen molar-refractivity contribution in [2.45, 2.75) is 31.8 Å². The van der Waals surface area contributed by atoms with Gasteiger partial charge in [-0.3, -0.25) is 14.8 Å². The number of hydroxylamine groups is 1. The van der Waals surface area contributed by atoms with E-state index in [9.17, 15) is 14.0 Å². The second-order valence-corrected chi connectivity index (χ2v) is 8.51. The molecule has 1 heterocycles. The fourth-order valence-electron chi connectivity index (χ4n) is 4.37. The van der Waals surface area contributed by atoms with Crippen molar-refractivity contribution in [3.05, 3.63) is 94.3 Å². The molecule has 0 radical (unpaired) electrons. The van der Waals surface area contributed by atoms with Crippen LogP contribution in [0.1, 0.15) is 47.8 Å². The van der Waals surface area contributed by atoms with E-state index >= 15 is 0 Å². The maximum absolute atomic E-state index is 14.3. The molecular weight excluding hydrogens is 445 g/mol. The van der Waals surface area contributed by atoms with Crippen molar-refractivity contribution in [3.63, 3.8) is 0 Å². The summed E-state index contributed by atoms with van der Waals surface area (Å²) in [7, 11) is 0. The summed E-state index contributed by atoms with van der Waals surface area (Å²) in [5, 5.41) is 12.6. The molecule has 2 amide bonds. The van der Waals surface area contributed by atoms with Crippen LogP contribution in [0, 0.1) is 5.82 Å². The van der Waals surface area contributed by atoms with Gasteiger partial charge in [0.2, 0.25) is 0 Å². The van der Waals surface area contributed by atoms with E-state index in [1.807, 2.05) is 6.92 Å². The van der Waals surface area contributed by atoms with Crippen molar-refractivity contribution < 1.29 is 19.2 Å². The first-order valence-corrected chi connectivity index (χ1v) is 10.9. The minimum absolute atomic E-state index is 0.244. The Hall–Kier alpha value is -3.42. The van der Waals surface area contributed by atoms with Crippen molar-refractivity contribution in [3.8, 4) is 0 Å². The zero-order valence-electron chi connectivity index (χ0n) is 18.1. The summed E-state index contributed by atoms with van der Waals surface area (Å²) in [4.78, 5) is 27.4. The molecule has 0 fully saturated rings. The van der Waals surface area contributed by atoms with Crippen molar-refractivity contribution in [1.29, 1.82) is 0 Å². The first-order valence-electron chi connectivity index (χ1n) is 10.5. The highest BCUT2D eigenvalue weighted by atomic mass is 35.5. The number of benzene rings is 3. The second kappa shape index (κ2) is 8.84. The second-order valence-electron chi connectivity index (χ2n) is 8.08. The van der Waals surface area contributed by atoms with Gasteiger partial charge in [-0.25, -0.2) is 9.87 Å². The molecular formula is C25H23ClFN3O3. The van der Waals surface area contributed by atoms with Gasteiger partial charge >= 0.3 is 0 Å². The Kier molecular flexibility index (Phi) is 6.10. The maximum Gasteiger partial charge on any atom is 0.274 e. The van der Waals surface area contributed by atoms with E-state index in [-0.39, 0.29) is 17.5 Å². The Morgan fingerprint density at radius 2 is 1.79 bits per heavy atom. The molecule has 2 unspecified atom stereocenters. The average Bonchev–Trinajstić information content (AvgIpc) is 2.82. The number of amides is 2. The molecule has 1 aliphatic heterocycles. The molecule has 0 aromatic heterocycles. The summed E-state index contributed by atoms with van der Waals surface area (Å²) in [6, 6.07) is 17.6. The summed E-state index contributed by atoms with van der Waals surface area (Å²) < 4.78 is 14.3. The van der Waals surface area contributed by atoms with Gasteiger partial charge in [0, 0.05) is 22.0 Å². The lowest BCUT2D eigenvalue weighted by molar-refractivity contribution is -0.123. The number of nitrogens with one attached hydrogen (secondary N) is 2. The van der Waals surface area contributed by atoms with Crippen molar-refractivity contribution >= 4 is 34.8 Å². The smallest absolute Gasteiger partial charge is 0.274 e. The molecule has 3 aromatic carbocycles. The normalized spacial score (nSPS) is 19.7. The van der Waals surface area contributed by atoms with Gasteiger partial charge in [0.1, 0.15) is 11.4 Å². The molecule has 2 atom stereocenters. The molecule has 170 valence electrons. The zero-order valence-corrected chi connectivity index (χ0v) is 18.9. The van der Waals surface area contributed by atoms with Crippen LogP contribution in [0.15, 0.2) is 66.7 Å². The van der Waals surface area contributed by atoms with Gasteiger partial charge in [-0.15, -0.1) is 0 Å². The van der Waals surface area contributed by atoms with Crippen LogP contribution in [0.25, 0.3) is 0 Å². The maximum atomic E-state index is 14.3. The van der Waals surface area contributed by atoms with Crippen LogP contribution in [0.4, 0.5) is 15.8 Å². The first-order chi connectivity index (χ1) is 15.8. The molecule has 3 N–H and O–H groups in total. The summed E-state index contributed by atoms with van der Waals surface area (Å²) >= 11 is 6.06. The predicted octanol–water partition coefficient (Wildman–Crippen LogP) is 5.42. The molecule has 33 heavy (non-hydrogen) atoms. The van der Waals surface area contributed by atoms with Crippen molar-refractivity contribution in [1.82, 2.24) is 5.48 Å². The average molecular weight is 468 g/mol. The molecule has 6 nitrogen and oxygen atoms in total. The zero-order chi connectivity index (χ0) is 23.8. The Morgan fingerprint density at radius 1 is 1.12 bits per heavy atom. The van der Waals surface area contributed by atoms with E-state index in [2.05, 4.69) is 5.32 Å². The lowest BCUT2D eigenvalue weighted by Crippen LogP contribution is -2.55. The minimum atomic E-state index is -1.29. The quantitative estimate of drug-likeness (QED) is 0.345. The number of anilines is 2. The molecule has 3 aromatic rings. The van der Waals surface area contributed by atoms with Crippen LogP contribution in [0.5, 0.6) is 0 Å². The third-order valence-corrected chi connectivity index (χ3v) is 6.26. The first kappa shape index (κ1) is 22.8. The summed E-state index contributed by atoms with van der Waals surface area (Å²) in [5.74, 6) is -1.32. The van der Waals surface area contributed by atoms with Crippen LogP contribution in [0.3, 0.4) is 0 Å². The van der Waals surface area contributed by atoms with Gasteiger partial charge in [-0.2, -0.15) is 0 Å². The van der Waals surface area contributed by atoms with E-state index in [0.29, 0.717) is 28.4 Å². The number of rotatable bonds is 5. The lowest BCUT2D eigenvalue weighted by Gasteiger charge is -2.46. The number of halogens is 2. The third-order valence-electron chi connectivity index (χ3n) is 6.01. The van der Waals surface area contributed by atoms with E-state index in [1.165, 1.54) is 24.3 Å². The highest BCUT2D eigenvalue weighted by Gasteiger charge is 2.48. The van der Waals surface area contributed by atoms with E-state index in [4.69, 9.17) is 16.8 Å². The number of carbonyl (C=O) groups excluding carboxylic acids is 2. The van der Waals surface area contributed by atoms with Gasteiger partial charge in [0.15, 0.2) is 0 Å². The van der Waals surface area contributed by atoms with Gasteiger partial charge in [0.05, 0.1) is 6.04 Å². The highest BCUT2D eigenvalue weighted by Crippen LogP contribution is 2.45. The lowest BCUT2D eigenvalue weighted by atomic mass is 9.78. The molecule has 0 saturated carbocycles. The summed E-state index contributed by atoms with van der Waals surface area (Å²) in [6.07, 6.45) is 0.633. The van der Waals surface area contributed by atoms with E-state index < -0.39 is 17.3 Å². The molecule has 0 bridgehead atoms. The van der Waals surface area contributed by atoms with Crippen LogP contribution < -0.4 is 15.7 Å². The SMILES string of the molecule is CCC1c2ccc(F)cc2C(C)(Nc2ccc(C(=O)NO)cc2)C(=O)N1c1ccc(Cl)cc1. The molecule has 0 saturated heterocycles. The van der Waals surface area contributed by atoms with Gasteiger partial charge < -0.3 is 10.2 Å². The van der Waals surface area contributed by atoms with E-state index in [1.54, 1.807) is 59.8 Å². The Balaban J connectivity index is 1.83. The monoisotopic (exact) mass is 467 g/mol. The van der Waals surface area contributed by atoms with E-state index in [0.717, 1.165) is 5.56 Å². The third kappa shape index (κ3) is 4.05. The summed E-state index contributed by atoms with van der Waals surface area (Å²) in [6.45, 7) is 3.70. The Bertz CT molecular complexity index is 1200. The van der Waals surface area contributed by atoms with Crippen LogP contribution in [-0.4, -0.2) is 17.0 Å². The van der Waals surface area contributed by atoms with Gasteiger partial charge in [-0.05, 0) is 85.1 Å². The Labute approximate surface area is 195 Å². The number of nitrogens with zero attached hydrogens (tertiary/aromatic N) is 1. The van der Waals surface area contributed by atoms with Crippen LogP contribution >= 0.6 is 11.6 Å². The molecule has 0 aliphatic carbocycles. The molecule has 0 spiro atoms. The molecule has 8 heteroatoms. The minimum Gasteiger partial charge on any atom is -0.368 e. The fraction of sp³-hybridized carbons (Fsp3) is 0.200. The van der Waals surface area contributed by atoms with Crippen LogP contribution in [0.2, 0.25) is 5.02 Å². The summed E-state index contributed by atoms with van der Waals surface area (Å²) in [5.41, 5.74) is 3.20. The topological polar surface area (TPSA) is 81.7 Å². The Morgan fingerprint density at radius 3 is 2.39 bits per heavy atom. The predicted molar refractivity (Wildman–Crippen MR) is 125 cm³/mol. The number of hydrogen-bond acceptors (Lipinski definition) is 4. The number of fused-ring (bicyclic) bond motifs is 1. The van der Waals surface area contributed by atoms with Crippen molar-refractivity contribution in [2.75, 3.05) is 10.2 Å². The number of carbonyl (C=O) groups is 2. The van der Waals surface area contributed by atoms with Crippen LogP contribution in [-0.2, 0) is 10.3 Å². The van der Waals surface area contributed by atoms with Gasteiger partial charge in [0.25, 0.3) is 11.8 Å². The highest BCUT2D eigenvalue weighted by molar-refractivity contribution is 6.30. The molecule has 1 aliphatic rings. The standard InChI is InChI=1S/C25H23ClFN3O3/c1-3-22-20-13-8-17(27)14-21(20)25(2,24(32)30(22)19-11-6-16(26)7-12-19)28-18-9-4-15(5-10-18)23(31)29-33/h4-14,22,28,33H,3H2,1-2H3,(H,29,31).